The van der Waals surface area contributed by atoms with Crippen LogP contribution in [0.5, 0.6) is 0 Å². The zero-order valence-corrected chi connectivity index (χ0v) is 9.60. The number of carbonyl (C=O) groups is 1. The molecule has 1 aliphatic rings. The van der Waals surface area contributed by atoms with Crippen molar-refractivity contribution in [2.45, 2.75) is 26.2 Å². The maximum absolute atomic E-state index is 12.0. The van der Waals surface area contributed by atoms with Crippen molar-refractivity contribution in [3.8, 4) is 6.07 Å². The highest BCUT2D eigenvalue weighted by Gasteiger charge is 2.42. The molecule has 3 unspecified atom stereocenters. The number of hydrogen-bond acceptors (Lipinski definition) is 2. The number of carbonyl (C=O) groups excluding carboxylic acids is 1. The summed E-state index contributed by atoms with van der Waals surface area (Å²) in [5.41, 5.74) is 1.93. The fourth-order valence-electron chi connectivity index (χ4n) is 2.08. The summed E-state index contributed by atoms with van der Waals surface area (Å²) in [6.07, 6.45) is 0.947. The van der Waals surface area contributed by atoms with Gasteiger partial charge in [-0.1, -0.05) is 36.8 Å². The second kappa shape index (κ2) is 4.09. The standard InChI is InChI=1S/C14H15NO/c1-9-4-3-5-11(6-9)13(8-15)14(16)12-7-10(12)2/h3-6,10,12-13H,7H2,1-2H3. The van der Waals surface area contributed by atoms with Crippen LogP contribution in [-0.2, 0) is 4.79 Å². The van der Waals surface area contributed by atoms with Crippen LogP contribution >= 0.6 is 0 Å². The summed E-state index contributed by atoms with van der Waals surface area (Å²) < 4.78 is 0. The van der Waals surface area contributed by atoms with Crippen molar-refractivity contribution < 1.29 is 4.79 Å². The third-order valence-corrected chi connectivity index (χ3v) is 3.26. The number of ketones is 1. The lowest BCUT2D eigenvalue weighted by molar-refractivity contribution is -0.120. The first kappa shape index (κ1) is 10.9. The zero-order chi connectivity index (χ0) is 11.7. The van der Waals surface area contributed by atoms with Crippen LogP contribution < -0.4 is 0 Å². The number of Topliss-reactive ketones (excluding diaryl/α,β-unsaturated/α-hetero) is 1. The molecule has 0 heterocycles. The number of benzene rings is 1. The summed E-state index contributed by atoms with van der Waals surface area (Å²) in [5, 5.41) is 9.13. The van der Waals surface area contributed by atoms with Gasteiger partial charge in [-0.05, 0) is 24.8 Å². The summed E-state index contributed by atoms with van der Waals surface area (Å²) in [6, 6.07) is 9.81. The minimum Gasteiger partial charge on any atom is -0.298 e. The second-order valence-electron chi connectivity index (χ2n) is 4.70. The molecule has 0 saturated heterocycles. The molecule has 2 nitrogen and oxygen atoms in total. The Balaban J connectivity index is 2.23. The summed E-state index contributed by atoms with van der Waals surface area (Å²) in [4.78, 5) is 12.0. The van der Waals surface area contributed by atoms with E-state index in [1.807, 2.05) is 31.2 Å². The average Bonchev–Trinajstić information content (AvgIpc) is 2.96. The van der Waals surface area contributed by atoms with Crippen molar-refractivity contribution >= 4 is 5.78 Å². The molecule has 0 radical (unpaired) electrons. The Labute approximate surface area is 95.9 Å². The summed E-state index contributed by atoms with van der Waals surface area (Å²) in [5.74, 6) is 0.105. The Kier molecular flexibility index (Phi) is 2.78. The number of hydrogen-bond donors (Lipinski definition) is 0. The molecule has 1 saturated carbocycles. The van der Waals surface area contributed by atoms with E-state index in [-0.39, 0.29) is 11.7 Å². The van der Waals surface area contributed by atoms with Crippen molar-refractivity contribution in [3.05, 3.63) is 35.4 Å². The maximum Gasteiger partial charge on any atom is 0.157 e. The Morgan fingerprint density at radius 2 is 2.25 bits per heavy atom. The normalized spacial score (nSPS) is 24.6. The maximum atomic E-state index is 12.0. The van der Waals surface area contributed by atoms with Gasteiger partial charge in [0, 0.05) is 5.92 Å². The van der Waals surface area contributed by atoms with Gasteiger partial charge in [0.1, 0.15) is 5.92 Å². The van der Waals surface area contributed by atoms with E-state index in [0.717, 1.165) is 17.5 Å². The summed E-state index contributed by atoms with van der Waals surface area (Å²) in [7, 11) is 0. The lowest BCUT2D eigenvalue weighted by Crippen LogP contribution is -2.13. The largest absolute Gasteiger partial charge is 0.298 e. The van der Waals surface area contributed by atoms with Crippen molar-refractivity contribution in [2.75, 3.05) is 0 Å². The molecular formula is C14H15NO. The molecule has 1 aliphatic carbocycles. The van der Waals surface area contributed by atoms with E-state index >= 15 is 0 Å². The third kappa shape index (κ3) is 1.99. The SMILES string of the molecule is Cc1cccc(C(C#N)C(=O)C2CC2C)c1. The van der Waals surface area contributed by atoms with Gasteiger partial charge >= 0.3 is 0 Å². The lowest BCUT2D eigenvalue weighted by Gasteiger charge is -2.08. The van der Waals surface area contributed by atoms with Crippen LogP contribution in [0, 0.1) is 30.1 Å². The first-order valence-corrected chi connectivity index (χ1v) is 5.63. The van der Waals surface area contributed by atoms with E-state index in [4.69, 9.17) is 5.26 Å². The topological polar surface area (TPSA) is 40.9 Å². The van der Waals surface area contributed by atoms with Crippen LogP contribution in [0.15, 0.2) is 24.3 Å². The van der Waals surface area contributed by atoms with E-state index in [2.05, 4.69) is 13.0 Å². The van der Waals surface area contributed by atoms with E-state index in [1.165, 1.54) is 0 Å². The summed E-state index contributed by atoms with van der Waals surface area (Å²) in [6.45, 7) is 4.04. The monoisotopic (exact) mass is 213 g/mol. The molecule has 16 heavy (non-hydrogen) atoms. The Bertz CT molecular complexity index is 458. The quantitative estimate of drug-likeness (QED) is 0.774. The molecule has 0 aromatic heterocycles. The minimum absolute atomic E-state index is 0.0978. The van der Waals surface area contributed by atoms with Crippen LogP contribution in [0.1, 0.15) is 30.4 Å². The number of nitriles is 1. The van der Waals surface area contributed by atoms with Gasteiger partial charge < -0.3 is 0 Å². The van der Waals surface area contributed by atoms with E-state index in [1.54, 1.807) is 0 Å². The lowest BCUT2D eigenvalue weighted by atomic mass is 9.92. The zero-order valence-electron chi connectivity index (χ0n) is 9.60. The van der Waals surface area contributed by atoms with Gasteiger partial charge in [0.15, 0.2) is 5.78 Å². The fraction of sp³-hybridized carbons (Fsp3) is 0.429. The highest BCUT2D eigenvalue weighted by atomic mass is 16.1. The second-order valence-corrected chi connectivity index (χ2v) is 4.70. The predicted octanol–water partition coefficient (Wildman–Crippen LogP) is 2.83. The van der Waals surface area contributed by atoms with Gasteiger partial charge in [0.25, 0.3) is 0 Å². The van der Waals surface area contributed by atoms with Crippen molar-refractivity contribution in [3.63, 3.8) is 0 Å². The van der Waals surface area contributed by atoms with Crippen LogP contribution in [0.2, 0.25) is 0 Å². The van der Waals surface area contributed by atoms with Crippen molar-refractivity contribution in [2.24, 2.45) is 11.8 Å². The predicted molar refractivity (Wildman–Crippen MR) is 61.8 cm³/mol. The molecule has 82 valence electrons. The third-order valence-electron chi connectivity index (χ3n) is 3.26. The van der Waals surface area contributed by atoms with Crippen LogP contribution in [0.25, 0.3) is 0 Å². The molecule has 0 spiro atoms. The Hall–Kier alpha value is -1.62. The smallest absolute Gasteiger partial charge is 0.157 e. The highest BCUT2D eigenvalue weighted by Crippen LogP contribution is 2.41. The first-order chi connectivity index (χ1) is 7.63. The molecule has 3 atom stereocenters. The molecule has 1 aromatic carbocycles. The molecular weight excluding hydrogens is 198 g/mol. The van der Waals surface area contributed by atoms with Crippen LogP contribution in [0.3, 0.4) is 0 Å². The Morgan fingerprint density at radius 3 is 2.75 bits per heavy atom. The van der Waals surface area contributed by atoms with Crippen molar-refractivity contribution in [1.82, 2.24) is 0 Å². The minimum atomic E-state index is -0.574. The van der Waals surface area contributed by atoms with Crippen LogP contribution in [0.4, 0.5) is 0 Å². The Morgan fingerprint density at radius 1 is 1.56 bits per heavy atom. The molecule has 2 heteroatoms. The first-order valence-electron chi connectivity index (χ1n) is 5.63. The molecule has 2 rings (SSSR count). The van der Waals surface area contributed by atoms with E-state index in [9.17, 15) is 4.79 Å². The molecule has 1 fully saturated rings. The van der Waals surface area contributed by atoms with Gasteiger partial charge in [0.2, 0.25) is 0 Å². The summed E-state index contributed by atoms with van der Waals surface area (Å²) >= 11 is 0. The van der Waals surface area contributed by atoms with Gasteiger partial charge in [-0.3, -0.25) is 4.79 Å². The van der Waals surface area contributed by atoms with Gasteiger partial charge in [-0.15, -0.1) is 0 Å². The molecule has 0 N–H and O–H groups in total. The molecule has 0 aliphatic heterocycles. The van der Waals surface area contributed by atoms with Gasteiger partial charge in [0.05, 0.1) is 6.07 Å². The van der Waals surface area contributed by atoms with Crippen molar-refractivity contribution in [1.29, 1.82) is 5.26 Å². The van der Waals surface area contributed by atoms with Gasteiger partial charge in [-0.25, -0.2) is 0 Å². The average molecular weight is 213 g/mol. The van der Waals surface area contributed by atoms with E-state index < -0.39 is 5.92 Å². The number of aryl methyl sites for hydroxylation is 1. The molecule has 0 bridgehead atoms. The highest BCUT2D eigenvalue weighted by molar-refractivity contribution is 5.92. The fourth-order valence-corrected chi connectivity index (χ4v) is 2.08. The van der Waals surface area contributed by atoms with Crippen LogP contribution in [-0.4, -0.2) is 5.78 Å². The molecule has 0 amide bonds. The van der Waals surface area contributed by atoms with E-state index in [0.29, 0.717) is 5.92 Å². The molecule has 1 aromatic rings. The number of nitrogens with zero attached hydrogens (tertiary/aromatic N) is 1. The number of rotatable bonds is 3. The van der Waals surface area contributed by atoms with Gasteiger partial charge in [-0.2, -0.15) is 5.26 Å².